The van der Waals surface area contributed by atoms with Gasteiger partial charge in [-0.15, -0.1) is 0 Å². The lowest BCUT2D eigenvalue weighted by Crippen LogP contribution is -2.46. The smallest absolute Gasteiger partial charge is 0.333 e. The number of aliphatic hydroxyl groups excluding tert-OH is 1. The quantitative estimate of drug-likeness (QED) is 0.174. The second-order valence-electron chi connectivity index (χ2n) is 11.1. The largest absolute Gasteiger partial charge is 0.464 e. The van der Waals surface area contributed by atoms with Crippen LogP contribution >= 0.6 is 7.43 Å². The average molecular weight is 534 g/mol. The molecule has 0 aromatic rings. The van der Waals surface area contributed by atoms with Gasteiger partial charge in [0.2, 0.25) is 5.91 Å². The minimum absolute atomic E-state index is 0.0523. The highest BCUT2D eigenvalue weighted by atomic mass is 31.2. The summed E-state index contributed by atoms with van der Waals surface area (Å²) in [5.74, 6) is -1.81. The lowest BCUT2D eigenvalue weighted by molar-refractivity contribution is -0.147. The predicted octanol–water partition coefficient (Wildman–Crippen LogP) is 3.94. The number of ether oxygens (including phenoxy) is 2. The first-order valence-electron chi connectivity index (χ1n) is 12.3. The van der Waals surface area contributed by atoms with Crippen molar-refractivity contribution < 1.29 is 33.5 Å². The van der Waals surface area contributed by atoms with E-state index in [1.54, 1.807) is 13.8 Å². The van der Waals surface area contributed by atoms with E-state index >= 15 is 0 Å². The topological polar surface area (TPSA) is 136 Å². The third-order valence-corrected chi connectivity index (χ3v) is 8.86. The Morgan fingerprint density at radius 3 is 2.00 bits per heavy atom. The summed E-state index contributed by atoms with van der Waals surface area (Å²) in [6.07, 6.45) is 0.245. The second-order valence-corrected chi connectivity index (χ2v) is 14.3. The van der Waals surface area contributed by atoms with E-state index in [-0.39, 0.29) is 38.4 Å². The first-order chi connectivity index (χ1) is 16.3. The van der Waals surface area contributed by atoms with Crippen LogP contribution in [0.25, 0.3) is 0 Å². The molecule has 0 bridgehead atoms. The number of hydrogen-bond donors (Lipinski definition) is 3. The molecule has 1 amide bonds. The van der Waals surface area contributed by atoms with Gasteiger partial charge in [0.15, 0.2) is 7.43 Å². The summed E-state index contributed by atoms with van der Waals surface area (Å²) in [5.41, 5.74) is -1.14. The van der Waals surface area contributed by atoms with Crippen LogP contribution in [0.4, 0.5) is 0 Å². The Hall–Kier alpha value is -1.74. The normalized spacial score (nSPS) is 14.9. The van der Waals surface area contributed by atoms with E-state index < -0.39 is 47.6 Å². The number of esters is 2. The van der Waals surface area contributed by atoms with Gasteiger partial charge in [0, 0.05) is 23.8 Å². The zero-order valence-corrected chi connectivity index (χ0v) is 24.7. The molecule has 0 spiro atoms. The monoisotopic (exact) mass is 533 g/mol. The van der Waals surface area contributed by atoms with Crippen LogP contribution in [-0.2, 0) is 28.4 Å². The molecule has 0 aliphatic heterocycles. The van der Waals surface area contributed by atoms with Gasteiger partial charge in [0.25, 0.3) is 0 Å². The number of carbonyl (C=O) groups is 3. The molecule has 0 heterocycles. The molecule has 0 fully saturated rings. The zero-order chi connectivity index (χ0) is 28.4. The molecule has 0 aromatic heterocycles. The first kappa shape index (κ1) is 34.3. The molecule has 0 aliphatic carbocycles. The summed E-state index contributed by atoms with van der Waals surface area (Å²) in [4.78, 5) is 37.5. The van der Waals surface area contributed by atoms with Crippen LogP contribution in [0, 0.1) is 0 Å². The number of carbonyl (C=O) groups excluding carboxylic acids is 3. The Bertz CT molecular complexity index is 826. The van der Waals surface area contributed by atoms with Crippen LogP contribution in [-0.4, -0.2) is 71.7 Å². The standard InChI is InChI=1S/C25H48N3O7P/c1-12-33-21(31)18(3)16-19(22(32)34-13-2)27-20(30)17-26-36(24(7,8)9,28-23(4,5)6)35-25(10,11)14-15-29/h19,26,29H,3,12-17H2,1-2,4-11H3,(H,27,30)/t19?,36-/m1/s1. The second kappa shape index (κ2) is 14.3. The van der Waals surface area contributed by atoms with Crippen LogP contribution < -0.4 is 10.4 Å². The molecule has 0 saturated heterocycles. The van der Waals surface area contributed by atoms with E-state index in [4.69, 9.17) is 18.7 Å². The maximum atomic E-state index is 13.0. The summed E-state index contributed by atoms with van der Waals surface area (Å²) in [6.45, 7) is 22.6. The zero-order valence-electron chi connectivity index (χ0n) is 23.8. The molecule has 2 atom stereocenters. The Morgan fingerprint density at radius 1 is 1.00 bits per heavy atom. The molecule has 210 valence electrons. The Labute approximate surface area is 217 Å². The van der Waals surface area contributed by atoms with Gasteiger partial charge >= 0.3 is 11.9 Å². The maximum absolute atomic E-state index is 13.0. The number of nitrogens with one attached hydrogen (secondary N) is 2. The third-order valence-electron chi connectivity index (χ3n) is 4.82. The van der Waals surface area contributed by atoms with Gasteiger partial charge in [0.05, 0.1) is 30.9 Å². The van der Waals surface area contributed by atoms with Crippen molar-refractivity contribution in [2.45, 2.75) is 104 Å². The summed E-state index contributed by atoms with van der Waals surface area (Å²) < 4.78 is 21.6. The molecular weight excluding hydrogens is 485 g/mol. The maximum Gasteiger partial charge on any atom is 0.333 e. The minimum atomic E-state index is -2.84. The van der Waals surface area contributed by atoms with Crippen LogP contribution in [0.3, 0.4) is 0 Å². The molecule has 0 aliphatic rings. The van der Waals surface area contributed by atoms with Crippen molar-refractivity contribution in [1.82, 2.24) is 10.4 Å². The predicted molar refractivity (Wildman–Crippen MR) is 143 cm³/mol. The van der Waals surface area contributed by atoms with Crippen LogP contribution in [0.1, 0.15) is 82.1 Å². The lowest BCUT2D eigenvalue weighted by atomic mass is 10.1. The van der Waals surface area contributed by atoms with E-state index in [1.165, 1.54) is 0 Å². The molecule has 10 nitrogen and oxygen atoms in total. The van der Waals surface area contributed by atoms with Gasteiger partial charge < -0.3 is 24.4 Å². The fraction of sp³-hybridized carbons (Fsp3) is 0.800. The minimum Gasteiger partial charge on any atom is -0.464 e. The van der Waals surface area contributed by atoms with Gasteiger partial charge in [-0.05, 0) is 54.9 Å². The molecule has 36 heavy (non-hydrogen) atoms. The van der Waals surface area contributed by atoms with Crippen molar-refractivity contribution >= 4 is 25.3 Å². The van der Waals surface area contributed by atoms with Crippen molar-refractivity contribution in [2.75, 3.05) is 26.4 Å². The Kier molecular flexibility index (Phi) is 13.6. The number of amides is 1. The summed E-state index contributed by atoms with van der Waals surface area (Å²) in [7, 11) is -2.84. The van der Waals surface area contributed by atoms with E-state index in [2.05, 4.69) is 17.0 Å². The molecule has 0 saturated carbocycles. The van der Waals surface area contributed by atoms with E-state index in [1.807, 2.05) is 55.4 Å². The highest BCUT2D eigenvalue weighted by Crippen LogP contribution is 2.62. The summed E-state index contributed by atoms with van der Waals surface area (Å²) in [6, 6.07) is -1.11. The first-order valence-corrected chi connectivity index (χ1v) is 14.0. The van der Waals surface area contributed by atoms with Gasteiger partial charge in [-0.25, -0.2) is 9.59 Å². The fourth-order valence-corrected chi connectivity index (χ4v) is 6.36. The van der Waals surface area contributed by atoms with Gasteiger partial charge in [-0.3, -0.25) is 14.6 Å². The average Bonchev–Trinajstić information content (AvgIpc) is 2.69. The molecule has 0 aromatic carbocycles. The molecule has 11 heteroatoms. The van der Waals surface area contributed by atoms with Crippen molar-refractivity contribution in [3.05, 3.63) is 12.2 Å². The number of hydrogen-bond acceptors (Lipinski definition) is 8. The van der Waals surface area contributed by atoms with Crippen molar-refractivity contribution in [3.8, 4) is 0 Å². The van der Waals surface area contributed by atoms with Crippen molar-refractivity contribution in [2.24, 2.45) is 4.74 Å². The van der Waals surface area contributed by atoms with E-state index in [0.717, 1.165) is 0 Å². The van der Waals surface area contributed by atoms with Crippen molar-refractivity contribution in [3.63, 3.8) is 0 Å². The Morgan fingerprint density at radius 2 is 1.56 bits per heavy atom. The highest BCUT2D eigenvalue weighted by Gasteiger charge is 2.41. The number of rotatable bonds is 14. The third kappa shape index (κ3) is 12.0. The number of nitrogens with zero attached hydrogens (tertiary/aromatic N) is 1. The fourth-order valence-electron chi connectivity index (χ4n) is 3.13. The summed E-state index contributed by atoms with van der Waals surface area (Å²) >= 11 is 0. The Balaban J connectivity index is 5.99. The molecular formula is C25H48N3O7P. The molecule has 0 rings (SSSR count). The van der Waals surface area contributed by atoms with E-state index in [0.29, 0.717) is 6.42 Å². The molecule has 3 N–H and O–H groups in total. The lowest BCUT2D eigenvalue weighted by Gasteiger charge is -2.43. The molecule has 1 unspecified atom stereocenters. The molecule has 0 radical (unpaired) electrons. The van der Waals surface area contributed by atoms with E-state index in [9.17, 15) is 19.5 Å². The van der Waals surface area contributed by atoms with Crippen molar-refractivity contribution in [1.29, 1.82) is 0 Å². The van der Waals surface area contributed by atoms with Gasteiger partial charge in [-0.1, -0.05) is 27.4 Å². The number of aliphatic hydroxyl groups is 1. The van der Waals surface area contributed by atoms with Gasteiger partial charge in [0.1, 0.15) is 6.04 Å². The van der Waals surface area contributed by atoms with Crippen LogP contribution in [0.5, 0.6) is 0 Å². The SMILES string of the molecule is C=C(CC(NC(=O)CN[P@](=NC(C)(C)C)(OC(C)(C)CCO)C(C)(C)C)C(=O)OCC)C(=O)OCC. The van der Waals surface area contributed by atoms with Gasteiger partial charge in [-0.2, -0.15) is 0 Å². The van der Waals surface area contributed by atoms with Crippen LogP contribution in [0.2, 0.25) is 0 Å². The van der Waals surface area contributed by atoms with Crippen LogP contribution in [0.15, 0.2) is 16.9 Å². The summed E-state index contributed by atoms with van der Waals surface area (Å²) in [5, 5.41) is 15.0. The highest BCUT2D eigenvalue weighted by molar-refractivity contribution is 7.61.